The summed E-state index contributed by atoms with van der Waals surface area (Å²) in [5.74, 6) is 0.226. The number of hydrogen-bond acceptors (Lipinski definition) is 7. The Morgan fingerprint density at radius 2 is 1.59 bits per heavy atom. The minimum Gasteiger partial charge on any atom is -0.497 e. The lowest BCUT2D eigenvalue weighted by molar-refractivity contribution is -0.122. The van der Waals surface area contributed by atoms with E-state index in [9.17, 15) is 9.18 Å². The molecule has 4 aromatic carbocycles. The maximum absolute atomic E-state index is 14.5. The number of carbonyl (C=O) groups excluding carboxylic acids is 1. The molecular weight excluding hydrogens is 521 g/mol. The Morgan fingerprint density at radius 3 is 2.32 bits per heavy atom. The second kappa shape index (κ2) is 10.7. The molecule has 0 saturated heterocycles. The number of amides is 1. The maximum Gasteiger partial charge on any atom is 0.318 e. The SMILES string of the molecule is COc1ccc(CN2C(=O)C(C)(Nc3nnc(-c4ccc(F)cc4)o3)N=C(c3ccccc3)c3ccccc32)cc1. The molecule has 1 amide bonds. The number of aliphatic imine (C=N–C) groups is 1. The second-order valence-corrected chi connectivity index (χ2v) is 9.70. The van der Waals surface area contributed by atoms with E-state index in [1.807, 2.05) is 78.9 Å². The topological polar surface area (TPSA) is 92.8 Å². The average molecular weight is 548 g/mol. The Hall–Kier alpha value is -5.31. The van der Waals surface area contributed by atoms with Crippen molar-refractivity contribution in [2.24, 2.45) is 4.99 Å². The number of carbonyl (C=O) groups is 1. The molecule has 0 bridgehead atoms. The normalized spacial score (nSPS) is 16.5. The molecule has 9 heteroatoms. The van der Waals surface area contributed by atoms with E-state index in [1.54, 1.807) is 31.1 Å². The average Bonchev–Trinajstić information content (AvgIpc) is 3.44. The van der Waals surface area contributed by atoms with Gasteiger partial charge in [0.25, 0.3) is 5.91 Å². The maximum atomic E-state index is 14.5. The van der Waals surface area contributed by atoms with Crippen LogP contribution in [0.25, 0.3) is 11.5 Å². The van der Waals surface area contributed by atoms with Crippen molar-refractivity contribution >= 4 is 23.3 Å². The molecule has 5 aromatic rings. The number of fused-ring (bicyclic) bond motifs is 1. The van der Waals surface area contributed by atoms with Gasteiger partial charge in [0.1, 0.15) is 11.6 Å². The first-order valence-corrected chi connectivity index (χ1v) is 13.0. The number of halogens is 1. The van der Waals surface area contributed by atoms with Crippen LogP contribution in [0.5, 0.6) is 5.75 Å². The van der Waals surface area contributed by atoms with Crippen molar-refractivity contribution in [1.29, 1.82) is 0 Å². The molecule has 0 saturated carbocycles. The Morgan fingerprint density at radius 1 is 0.878 bits per heavy atom. The number of hydrogen-bond donors (Lipinski definition) is 1. The fourth-order valence-electron chi connectivity index (χ4n) is 4.77. The van der Waals surface area contributed by atoms with Gasteiger partial charge < -0.3 is 19.4 Å². The van der Waals surface area contributed by atoms with Crippen LogP contribution < -0.4 is 15.0 Å². The van der Waals surface area contributed by atoms with Gasteiger partial charge in [0.05, 0.1) is 25.1 Å². The molecule has 1 atom stereocenters. The standard InChI is InChI=1S/C32H26FN5O3/c1-32(35-31-37-36-29(41-31)23-14-16-24(33)17-15-23)30(39)38(20-21-12-18-25(40-2)19-13-21)27-11-7-6-10-26(27)28(34-32)22-8-4-3-5-9-22/h3-19H,20H2,1-2H3,(H,35,37). The third-order valence-corrected chi connectivity index (χ3v) is 6.86. The van der Waals surface area contributed by atoms with Gasteiger partial charge in [-0.15, -0.1) is 5.10 Å². The molecule has 8 nitrogen and oxygen atoms in total. The lowest BCUT2D eigenvalue weighted by Gasteiger charge is -2.30. The fraction of sp³-hybridized carbons (Fsp3) is 0.125. The molecule has 1 aliphatic rings. The first-order valence-electron chi connectivity index (χ1n) is 13.0. The Bertz CT molecular complexity index is 1720. The predicted octanol–water partition coefficient (Wildman–Crippen LogP) is 6.10. The van der Waals surface area contributed by atoms with E-state index >= 15 is 0 Å². The van der Waals surface area contributed by atoms with Crippen LogP contribution in [-0.4, -0.2) is 34.6 Å². The zero-order chi connectivity index (χ0) is 28.4. The number of benzene rings is 4. The Kier molecular flexibility index (Phi) is 6.76. The van der Waals surface area contributed by atoms with Crippen molar-refractivity contribution in [3.05, 3.63) is 126 Å². The summed E-state index contributed by atoms with van der Waals surface area (Å²) in [4.78, 5) is 21.2. The quantitative estimate of drug-likeness (QED) is 0.265. The van der Waals surface area contributed by atoms with E-state index in [0.29, 0.717) is 17.8 Å². The highest BCUT2D eigenvalue weighted by atomic mass is 19.1. The highest BCUT2D eigenvalue weighted by Crippen LogP contribution is 2.34. The van der Waals surface area contributed by atoms with Gasteiger partial charge in [-0.05, 0) is 55.0 Å². The van der Waals surface area contributed by atoms with Crippen LogP contribution in [0.3, 0.4) is 0 Å². The fourth-order valence-corrected chi connectivity index (χ4v) is 4.77. The summed E-state index contributed by atoms with van der Waals surface area (Å²) in [7, 11) is 1.61. The highest BCUT2D eigenvalue weighted by Gasteiger charge is 2.42. The van der Waals surface area contributed by atoms with Crippen molar-refractivity contribution < 1.29 is 18.3 Å². The zero-order valence-corrected chi connectivity index (χ0v) is 22.4. The molecule has 0 radical (unpaired) electrons. The molecule has 1 aliphatic heterocycles. The van der Waals surface area contributed by atoms with Crippen LogP contribution >= 0.6 is 0 Å². The first-order chi connectivity index (χ1) is 19.9. The monoisotopic (exact) mass is 547 g/mol. The van der Waals surface area contributed by atoms with Gasteiger partial charge in [0.15, 0.2) is 0 Å². The molecule has 0 fully saturated rings. The number of nitrogens with zero attached hydrogens (tertiary/aromatic N) is 4. The lowest BCUT2D eigenvalue weighted by atomic mass is 10.00. The number of aromatic nitrogens is 2. The molecule has 41 heavy (non-hydrogen) atoms. The summed E-state index contributed by atoms with van der Waals surface area (Å²) in [6.45, 7) is 1.98. The summed E-state index contributed by atoms with van der Waals surface area (Å²) < 4.78 is 24.6. The van der Waals surface area contributed by atoms with E-state index in [1.165, 1.54) is 12.1 Å². The van der Waals surface area contributed by atoms with Crippen molar-refractivity contribution in [2.45, 2.75) is 19.1 Å². The van der Waals surface area contributed by atoms with Gasteiger partial charge in [-0.2, -0.15) is 0 Å². The Labute approximate surface area is 236 Å². The number of ether oxygens (including phenoxy) is 1. The highest BCUT2D eigenvalue weighted by molar-refractivity contribution is 6.21. The number of methoxy groups -OCH3 is 1. The van der Waals surface area contributed by atoms with Gasteiger partial charge in [-0.1, -0.05) is 65.8 Å². The predicted molar refractivity (Wildman–Crippen MR) is 154 cm³/mol. The number of para-hydroxylation sites is 1. The van der Waals surface area contributed by atoms with E-state index < -0.39 is 5.66 Å². The summed E-state index contributed by atoms with van der Waals surface area (Å²) in [5, 5.41) is 11.3. The molecule has 0 spiro atoms. The zero-order valence-electron chi connectivity index (χ0n) is 22.4. The summed E-state index contributed by atoms with van der Waals surface area (Å²) in [6, 6.07) is 30.7. The van der Waals surface area contributed by atoms with Crippen LogP contribution in [0.1, 0.15) is 23.6 Å². The molecule has 1 unspecified atom stereocenters. The van der Waals surface area contributed by atoms with E-state index in [-0.39, 0.29) is 23.6 Å². The summed E-state index contributed by atoms with van der Waals surface area (Å²) in [5.41, 5.74) is 2.96. The van der Waals surface area contributed by atoms with Crippen LogP contribution in [-0.2, 0) is 11.3 Å². The molecule has 204 valence electrons. The van der Waals surface area contributed by atoms with Gasteiger partial charge >= 0.3 is 6.01 Å². The minimum absolute atomic E-state index is 0.00619. The van der Waals surface area contributed by atoms with Crippen molar-refractivity contribution in [1.82, 2.24) is 10.2 Å². The van der Waals surface area contributed by atoms with Crippen molar-refractivity contribution in [3.8, 4) is 17.2 Å². The molecule has 0 aliphatic carbocycles. The summed E-state index contributed by atoms with van der Waals surface area (Å²) >= 11 is 0. The Balaban J connectivity index is 1.44. The number of benzodiazepines with no additional fused rings is 1. The lowest BCUT2D eigenvalue weighted by Crippen LogP contribution is -2.50. The van der Waals surface area contributed by atoms with Crippen LogP contribution in [0.2, 0.25) is 0 Å². The third kappa shape index (κ3) is 5.17. The van der Waals surface area contributed by atoms with Crippen LogP contribution in [0.4, 0.5) is 16.1 Å². The summed E-state index contributed by atoms with van der Waals surface area (Å²) in [6.07, 6.45) is 0. The van der Waals surface area contributed by atoms with Crippen LogP contribution in [0.15, 0.2) is 113 Å². The van der Waals surface area contributed by atoms with Gasteiger partial charge in [0.2, 0.25) is 11.6 Å². The van der Waals surface area contributed by atoms with E-state index in [2.05, 4.69) is 15.5 Å². The number of rotatable bonds is 7. The third-order valence-electron chi connectivity index (χ3n) is 6.86. The molecular formula is C32H26FN5O3. The first kappa shape index (κ1) is 25.9. The minimum atomic E-state index is -1.52. The molecule has 1 N–H and O–H groups in total. The smallest absolute Gasteiger partial charge is 0.318 e. The van der Waals surface area contributed by atoms with Crippen molar-refractivity contribution in [3.63, 3.8) is 0 Å². The van der Waals surface area contributed by atoms with E-state index in [4.69, 9.17) is 14.1 Å². The molecule has 2 heterocycles. The number of nitrogens with one attached hydrogen (secondary N) is 1. The largest absolute Gasteiger partial charge is 0.497 e. The van der Waals surface area contributed by atoms with Gasteiger partial charge in [-0.25, -0.2) is 9.38 Å². The second-order valence-electron chi connectivity index (χ2n) is 9.70. The molecule has 6 rings (SSSR count). The van der Waals surface area contributed by atoms with Gasteiger partial charge in [-0.3, -0.25) is 4.79 Å². The van der Waals surface area contributed by atoms with Crippen LogP contribution in [0, 0.1) is 5.82 Å². The number of anilines is 2. The van der Waals surface area contributed by atoms with E-state index in [0.717, 1.165) is 28.1 Å². The molecule has 1 aromatic heterocycles. The van der Waals surface area contributed by atoms with Crippen molar-refractivity contribution in [2.75, 3.05) is 17.3 Å². The van der Waals surface area contributed by atoms with Gasteiger partial charge in [0, 0.05) is 16.7 Å².